The van der Waals surface area contributed by atoms with E-state index in [4.69, 9.17) is 9.47 Å². The van der Waals surface area contributed by atoms with E-state index in [1.165, 1.54) is 0 Å². The van der Waals surface area contributed by atoms with E-state index in [1.807, 2.05) is 62.4 Å². The number of hydrogen-bond acceptors (Lipinski definition) is 3. The zero-order chi connectivity index (χ0) is 18.2. The van der Waals surface area contributed by atoms with Gasteiger partial charge in [0.25, 0.3) is 5.91 Å². The summed E-state index contributed by atoms with van der Waals surface area (Å²) in [6, 6.07) is 15.5. The summed E-state index contributed by atoms with van der Waals surface area (Å²) in [5.41, 5.74) is 2.12. The maximum Gasteiger partial charge on any atom is 0.261 e. The summed E-state index contributed by atoms with van der Waals surface area (Å²) < 4.78 is 11.4. The van der Waals surface area contributed by atoms with Gasteiger partial charge in [-0.3, -0.25) is 4.79 Å². The molecule has 0 aromatic heterocycles. The lowest BCUT2D eigenvalue weighted by Crippen LogP contribution is -2.36. The first-order valence-corrected chi connectivity index (χ1v) is 8.77. The standard InChI is InChI=1S/C21H27NO3/c1-5-18-8-6-7-9-20(18)25-16(4)21(23)22-14-17-10-12-19(13-11-17)24-15(2)3/h6-13,15-16H,5,14H2,1-4H3,(H,22,23)/t16-/m0/s1. The number of benzene rings is 2. The average Bonchev–Trinajstić information content (AvgIpc) is 2.60. The zero-order valence-electron chi connectivity index (χ0n) is 15.4. The highest BCUT2D eigenvalue weighted by Crippen LogP contribution is 2.20. The van der Waals surface area contributed by atoms with Crippen molar-refractivity contribution in [1.29, 1.82) is 0 Å². The van der Waals surface area contributed by atoms with Crippen LogP contribution in [0, 0.1) is 0 Å². The molecule has 0 heterocycles. The Morgan fingerprint density at radius 1 is 1.00 bits per heavy atom. The molecule has 0 aliphatic carbocycles. The Labute approximate surface area is 150 Å². The fourth-order valence-electron chi connectivity index (χ4n) is 2.45. The normalized spacial score (nSPS) is 11.9. The zero-order valence-corrected chi connectivity index (χ0v) is 15.4. The maximum atomic E-state index is 12.3. The Morgan fingerprint density at radius 3 is 2.32 bits per heavy atom. The minimum atomic E-state index is -0.545. The smallest absolute Gasteiger partial charge is 0.261 e. The van der Waals surface area contributed by atoms with Crippen LogP contribution >= 0.6 is 0 Å². The molecular formula is C21H27NO3. The van der Waals surface area contributed by atoms with Crippen LogP contribution in [0.1, 0.15) is 38.8 Å². The van der Waals surface area contributed by atoms with E-state index in [2.05, 4.69) is 12.2 Å². The Bertz CT molecular complexity index is 680. The van der Waals surface area contributed by atoms with Crippen LogP contribution in [-0.4, -0.2) is 18.1 Å². The van der Waals surface area contributed by atoms with E-state index in [0.717, 1.165) is 29.0 Å². The van der Waals surface area contributed by atoms with Gasteiger partial charge in [0, 0.05) is 6.54 Å². The van der Waals surface area contributed by atoms with Gasteiger partial charge in [0.2, 0.25) is 0 Å². The number of carbonyl (C=O) groups excluding carboxylic acids is 1. The van der Waals surface area contributed by atoms with E-state index >= 15 is 0 Å². The fourth-order valence-corrected chi connectivity index (χ4v) is 2.45. The minimum Gasteiger partial charge on any atom is -0.491 e. The third kappa shape index (κ3) is 5.82. The number of carbonyl (C=O) groups is 1. The van der Waals surface area contributed by atoms with E-state index in [9.17, 15) is 4.79 Å². The first kappa shape index (κ1) is 18.8. The highest BCUT2D eigenvalue weighted by molar-refractivity contribution is 5.80. The third-order valence-electron chi connectivity index (χ3n) is 3.79. The molecule has 0 aliphatic heterocycles. The van der Waals surface area contributed by atoms with Crippen molar-refractivity contribution in [3.8, 4) is 11.5 Å². The summed E-state index contributed by atoms with van der Waals surface area (Å²) in [4.78, 5) is 12.3. The van der Waals surface area contributed by atoms with E-state index in [0.29, 0.717) is 6.54 Å². The fraction of sp³-hybridized carbons (Fsp3) is 0.381. The molecule has 2 aromatic carbocycles. The van der Waals surface area contributed by atoms with Crippen molar-refractivity contribution in [2.24, 2.45) is 0 Å². The molecule has 1 N–H and O–H groups in total. The lowest BCUT2D eigenvalue weighted by Gasteiger charge is -2.17. The SMILES string of the molecule is CCc1ccccc1O[C@@H](C)C(=O)NCc1ccc(OC(C)C)cc1. The molecule has 0 saturated heterocycles. The van der Waals surface area contributed by atoms with Gasteiger partial charge in [-0.05, 0) is 56.5 Å². The summed E-state index contributed by atoms with van der Waals surface area (Å²) in [6.07, 6.45) is 0.473. The van der Waals surface area contributed by atoms with Gasteiger partial charge >= 0.3 is 0 Å². The molecule has 1 amide bonds. The van der Waals surface area contributed by atoms with Crippen molar-refractivity contribution in [1.82, 2.24) is 5.32 Å². The Balaban J connectivity index is 1.86. The van der Waals surface area contributed by atoms with Crippen LogP contribution in [0.25, 0.3) is 0 Å². The van der Waals surface area contributed by atoms with Crippen LogP contribution in [0.4, 0.5) is 0 Å². The molecule has 0 aliphatic rings. The highest BCUT2D eigenvalue weighted by Gasteiger charge is 2.15. The van der Waals surface area contributed by atoms with Gasteiger partial charge in [0.15, 0.2) is 6.10 Å². The van der Waals surface area contributed by atoms with Crippen molar-refractivity contribution in [2.75, 3.05) is 0 Å². The van der Waals surface area contributed by atoms with Gasteiger partial charge in [-0.2, -0.15) is 0 Å². The van der Waals surface area contributed by atoms with Crippen molar-refractivity contribution in [2.45, 2.75) is 52.9 Å². The molecule has 0 fully saturated rings. The predicted octanol–water partition coefficient (Wildman–Crippen LogP) is 4.12. The molecule has 0 unspecified atom stereocenters. The summed E-state index contributed by atoms with van der Waals surface area (Å²) >= 11 is 0. The van der Waals surface area contributed by atoms with Crippen molar-refractivity contribution in [3.63, 3.8) is 0 Å². The lowest BCUT2D eigenvalue weighted by atomic mass is 10.1. The van der Waals surface area contributed by atoms with Gasteiger partial charge in [-0.25, -0.2) is 0 Å². The molecule has 2 rings (SSSR count). The second kappa shape index (κ2) is 9.11. The van der Waals surface area contributed by atoms with E-state index in [-0.39, 0.29) is 12.0 Å². The first-order chi connectivity index (χ1) is 12.0. The summed E-state index contributed by atoms with van der Waals surface area (Å²) in [5, 5.41) is 2.91. The number of rotatable bonds is 8. The Kier molecular flexibility index (Phi) is 6.87. The molecule has 4 nitrogen and oxygen atoms in total. The van der Waals surface area contributed by atoms with Gasteiger partial charge in [-0.15, -0.1) is 0 Å². The van der Waals surface area contributed by atoms with Crippen LogP contribution in [0.2, 0.25) is 0 Å². The topological polar surface area (TPSA) is 47.6 Å². The molecule has 25 heavy (non-hydrogen) atoms. The van der Waals surface area contributed by atoms with Gasteiger partial charge in [0.05, 0.1) is 6.10 Å². The molecule has 2 aromatic rings. The number of aryl methyl sites for hydroxylation is 1. The highest BCUT2D eigenvalue weighted by atomic mass is 16.5. The van der Waals surface area contributed by atoms with E-state index in [1.54, 1.807) is 6.92 Å². The number of nitrogens with one attached hydrogen (secondary N) is 1. The summed E-state index contributed by atoms with van der Waals surface area (Å²) in [7, 11) is 0. The van der Waals surface area contributed by atoms with Gasteiger partial charge in [-0.1, -0.05) is 37.3 Å². The lowest BCUT2D eigenvalue weighted by molar-refractivity contribution is -0.127. The van der Waals surface area contributed by atoms with Crippen LogP contribution in [0.5, 0.6) is 11.5 Å². The largest absolute Gasteiger partial charge is 0.491 e. The molecule has 1 atom stereocenters. The van der Waals surface area contributed by atoms with Gasteiger partial charge in [0.1, 0.15) is 11.5 Å². The average molecular weight is 341 g/mol. The number of hydrogen-bond donors (Lipinski definition) is 1. The number of ether oxygens (including phenoxy) is 2. The first-order valence-electron chi connectivity index (χ1n) is 8.77. The molecule has 0 spiro atoms. The quantitative estimate of drug-likeness (QED) is 0.786. The summed E-state index contributed by atoms with van der Waals surface area (Å²) in [6.45, 7) is 8.28. The molecular weight excluding hydrogens is 314 g/mol. The number of para-hydroxylation sites is 1. The van der Waals surface area contributed by atoms with Crippen molar-refractivity contribution >= 4 is 5.91 Å². The monoisotopic (exact) mass is 341 g/mol. The Hall–Kier alpha value is -2.49. The molecule has 4 heteroatoms. The van der Waals surface area contributed by atoms with Crippen molar-refractivity contribution < 1.29 is 14.3 Å². The minimum absolute atomic E-state index is 0.131. The molecule has 0 saturated carbocycles. The van der Waals surface area contributed by atoms with Crippen LogP contribution < -0.4 is 14.8 Å². The van der Waals surface area contributed by atoms with E-state index < -0.39 is 6.10 Å². The predicted molar refractivity (Wildman–Crippen MR) is 100.0 cm³/mol. The second-order valence-electron chi connectivity index (χ2n) is 6.25. The Morgan fingerprint density at radius 2 is 1.68 bits per heavy atom. The van der Waals surface area contributed by atoms with Crippen molar-refractivity contribution in [3.05, 3.63) is 59.7 Å². The van der Waals surface area contributed by atoms with Gasteiger partial charge < -0.3 is 14.8 Å². The molecule has 134 valence electrons. The summed E-state index contributed by atoms with van der Waals surface area (Å²) in [5.74, 6) is 1.47. The number of amides is 1. The van der Waals surface area contributed by atoms with Crippen LogP contribution in [0.15, 0.2) is 48.5 Å². The maximum absolute atomic E-state index is 12.3. The second-order valence-corrected chi connectivity index (χ2v) is 6.25. The molecule has 0 radical (unpaired) electrons. The van der Waals surface area contributed by atoms with Crippen LogP contribution in [0.3, 0.4) is 0 Å². The molecule has 0 bridgehead atoms. The third-order valence-corrected chi connectivity index (χ3v) is 3.79. The van der Waals surface area contributed by atoms with Crippen LogP contribution in [-0.2, 0) is 17.8 Å².